The lowest BCUT2D eigenvalue weighted by molar-refractivity contribution is 0.102. The minimum absolute atomic E-state index is 0.204. The van der Waals surface area contributed by atoms with Gasteiger partial charge in [-0.05, 0) is 46.6 Å². The summed E-state index contributed by atoms with van der Waals surface area (Å²) >= 11 is 3.33. The van der Waals surface area contributed by atoms with Gasteiger partial charge in [0.15, 0.2) is 0 Å². The summed E-state index contributed by atoms with van der Waals surface area (Å²) < 4.78 is 6.15. The standard InChI is InChI=1S/C17H19BrN4O2/c1-11-6-14(19)16(22-2-4-24-5-3-22)8-15(11)21-17(23)12-7-13(18)10-20-9-12/h6-10H,2-5,19H2,1H3,(H,21,23). The molecule has 2 heterocycles. The van der Waals surface area contributed by atoms with Crippen molar-refractivity contribution in [3.05, 3.63) is 46.2 Å². The van der Waals surface area contributed by atoms with Crippen LogP contribution in [-0.2, 0) is 4.74 Å². The Kier molecular flexibility index (Phi) is 5.01. The molecule has 126 valence electrons. The molecule has 24 heavy (non-hydrogen) atoms. The van der Waals surface area contributed by atoms with Crippen molar-refractivity contribution < 1.29 is 9.53 Å². The van der Waals surface area contributed by atoms with Gasteiger partial charge in [-0.3, -0.25) is 9.78 Å². The van der Waals surface area contributed by atoms with Crippen LogP contribution in [0.3, 0.4) is 0 Å². The van der Waals surface area contributed by atoms with Gasteiger partial charge in [-0.15, -0.1) is 0 Å². The van der Waals surface area contributed by atoms with E-state index < -0.39 is 0 Å². The van der Waals surface area contributed by atoms with Crippen LogP contribution in [0.25, 0.3) is 0 Å². The number of nitrogens with one attached hydrogen (secondary N) is 1. The second-order valence-corrected chi connectivity index (χ2v) is 6.59. The lowest BCUT2D eigenvalue weighted by Crippen LogP contribution is -2.36. The third kappa shape index (κ3) is 3.68. The Bertz CT molecular complexity index is 760. The maximum Gasteiger partial charge on any atom is 0.257 e. The van der Waals surface area contributed by atoms with Crippen LogP contribution in [0.4, 0.5) is 17.1 Å². The van der Waals surface area contributed by atoms with Gasteiger partial charge in [-0.2, -0.15) is 0 Å². The number of pyridine rings is 1. The average molecular weight is 391 g/mol. The summed E-state index contributed by atoms with van der Waals surface area (Å²) in [6, 6.07) is 5.55. The fourth-order valence-corrected chi connectivity index (χ4v) is 3.03. The number of carbonyl (C=O) groups excluding carboxylic acids is 1. The number of amides is 1. The molecular weight excluding hydrogens is 372 g/mol. The predicted octanol–water partition coefficient (Wildman–Crippen LogP) is 2.82. The first kappa shape index (κ1) is 16.7. The SMILES string of the molecule is Cc1cc(N)c(N2CCOCC2)cc1NC(=O)c1cncc(Br)c1. The minimum Gasteiger partial charge on any atom is -0.397 e. The monoisotopic (exact) mass is 390 g/mol. The summed E-state index contributed by atoms with van der Waals surface area (Å²) in [5.41, 5.74) is 9.96. The van der Waals surface area contributed by atoms with Crippen molar-refractivity contribution in [1.29, 1.82) is 0 Å². The maximum absolute atomic E-state index is 12.5. The summed E-state index contributed by atoms with van der Waals surface area (Å²) in [6.45, 7) is 4.86. The molecule has 0 radical (unpaired) electrons. The summed E-state index contributed by atoms with van der Waals surface area (Å²) in [5.74, 6) is -0.204. The number of carbonyl (C=O) groups is 1. The van der Waals surface area contributed by atoms with E-state index in [2.05, 4.69) is 31.1 Å². The fraction of sp³-hybridized carbons (Fsp3) is 0.294. The summed E-state index contributed by atoms with van der Waals surface area (Å²) in [5, 5.41) is 2.95. The summed E-state index contributed by atoms with van der Waals surface area (Å²) in [4.78, 5) is 18.7. The van der Waals surface area contributed by atoms with Gasteiger partial charge in [0.05, 0.1) is 30.2 Å². The van der Waals surface area contributed by atoms with Gasteiger partial charge in [0.25, 0.3) is 5.91 Å². The van der Waals surface area contributed by atoms with Crippen molar-refractivity contribution in [2.24, 2.45) is 0 Å². The first-order chi connectivity index (χ1) is 11.5. The summed E-state index contributed by atoms with van der Waals surface area (Å²) in [7, 11) is 0. The Morgan fingerprint density at radius 3 is 2.75 bits per heavy atom. The van der Waals surface area contributed by atoms with Crippen molar-refractivity contribution in [2.45, 2.75) is 6.92 Å². The highest BCUT2D eigenvalue weighted by atomic mass is 79.9. The van der Waals surface area contributed by atoms with Crippen LogP contribution >= 0.6 is 15.9 Å². The van der Waals surface area contributed by atoms with Crippen LogP contribution in [0, 0.1) is 6.92 Å². The second-order valence-electron chi connectivity index (χ2n) is 5.67. The van der Waals surface area contributed by atoms with E-state index in [4.69, 9.17) is 10.5 Å². The zero-order chi connectivity index (χ0) is 17.1. The number of benzene rings is 1. The number of aromatic nitrogens is 1. The van der Waals surface area contributed by atoms with Gasteiger partial charge in [0.1, 0.15) is 0 Å². The number of halogens is 1. The van der Waals surface area contributed by atoms with Crippen LogP contribution < -0.4 is 16.0 Å². The first-order valence-corrected chi connectivity index (χ1v) is 8.48. The van der Waals surface area contributed by atoms with Crippen LogP contribution in [0.5, 0.6) is 0 Å². The molecular formula is C17H19BrN4O2. The normalized spacial score (nSPS) is 14.5. The summed E-state index contributed by atoms with van der Waals surface area (Å²) in [6.07, 6.45) is 3.18. The molecule has 3 rings (SSSR count). The number of hydrogen-bond acceptors (Lipinski definition) is 5. The number of nitrogens with zero attached hydrogens (tertiary/aromatic N) is 2. The van der Waals surface area contributed by atoms with Gasteiger partial charge in [0, 0.05) is 35.6 Å². The van der Waals surface area contributed by atoms with Crippen molar-refractivity contribution in [3.63, 3.8) is 0 Å². The van der Waals surface area contributed by atoms with E-state index in [9.17, 15) is 4.79 Å². The maximum atomic E-state index is 12.5. The Morgan fingerprint density at radius 2 is 2.04 bits per heavy atom. The largest absolute Gasteiger partial charge is 0.397 e. The van der Waals surface area contributed by atoms with E-state index in [1.54, 1.807) is 12.3 Å². The zero-order valence-electron chi connectivity index (χ0n) is 13.4. The Hall–Kier alpha value is -2.12. The lowest BCUT2D eigenvalue weighted by atomic mass is 10.1. The molecule has 1 aliphatic rings. The minimum atomic E-state index is -0.204. The smallest absolute Gasteiger partial charge is 0.257 e. The Balaban J connectivity index is 1.86. The molecule has 1 aromatic carbocycles. The number of morpholine rings is 1. The number of anilines is 3. The molecule has 0 atom stereocenters. The third-order valence-corrected chi connectivity index (χ3v) is 4.37. The molecule has 2 aromatic rings. The first-order valence-electron chi connectivity index (χ1n) is 7.69. The Morgan fingerprint density at radius 1 is 1.29 bits per heavy atom. The predicted molar refractivity (Wildman–Crippen MR) is 98.5 cm³/mol. The van der Waals surface area contributed by atoms with Gasteiger partial charge >= 0.3 is 0 Å². The van der Waals surface area contributed by atoms with E-state index in [0.29, 0.717) is 24.5 Å². The van der Waals surface area contributed by atoms with Crippen molar-refractivity contribution >= 4 is 38.9 Å². The van der Waals surface area contributed by atoms with Gasteiger partial charge in [-0.25, -0.2) is 0 Å². The van der Waals surface area contributed by atoms with Gasteiger partial charge < -0.3 is 20.7 Å². The van der Waals surface area contributed by atoms with Gasteiger partial charge in [-0.1, -0.05) is 0 Å². The molecule has 1 aromatic heterocycles. The number of ether oxygens (including phenoxy) is 1. The molecule has 0 aliphatic carbocycles. The fourth-order valence-electron chi connectivity index (χ4n) is 2.66. The van der Waals surface area contributed by atoms with E-state index in [0.717, 1.165) is 34.5 Å². The van der Waals surface area contributed by atoms with E-state index in [1.807, 2.05) is 19.1 Å². The van der Waals surface area contributed by atoms with E-state index in [-0.39, 0.29) is 5.91 Å². The topological polar surface area (TPSA) is 80.5 Å². The number of rotatable bonds is 3. The molecule has 1 aliphatic heterocycles. The molecule has 7 heteroatoms. The molecule has 3 N–H and O–H groups in total. The van der Waals surface area contributed by atoms with Gasteiger partial charge in [0.2, 0.25) is 0 Å². The van der Waals surface area contributed by atoms with E-state index in [1.165, 1.54) is 6.20 Å². The lowest BCUT2D eigenvalue weighted by Gasteiger charge is -2.30. The second kappa shape index (κ2) is 7.19. The number of nitrogen functional groups attached to an aromatic ring is 1. The molecule has 0 unspecified atom stereocenters. The van der Waals surface area contributed by atoms with E-state index >= 15 is 0 Å². The molecule has 0 bridgehead atoms. The van der Waals surface area contributed by atoms with Crippen molar-refractivity contribution in [2.75, 3.05) is 42.3 Å². The highest BCUT2D eigenvalue weighted by Gasteiger charge is 2.17. The molecule has 1 amide bonds. The number of nitrogens with two attached hydrogens (primary N) is 1. The highest BCUT2D eigenvalue weighted by molar-refractivity contribution is 9.10. The zero-order valence-corrected chi connectivity index (χ0v) is 15.0. The number of hydrogen-bond donors (Lipinski definition) is 2. The molecule has 0 saturated carbocycles. The number of aryl methyl sites for hydroxylation is 1. The molecule has 1 saturated heterocycles. The Labute approximate surface area is 149 Å². The average Bonchev–Trinajstić information content (AvgIpc) is 2.58. The van der Waals surface area contributed by atoms with Crippen molar-refractivity contribution in [1.82, 2.24) is 4.98 Å². The van der Waals surface area contributed by atoms with Crippen LogP contribution in [0.2, 0.25) is 0 Å². The van der Waals surface area contributed by atoms with Crippen LogP contribution in [0.1, 0.15) is 15.9 Å². The van der Waals surface area contributed by atoms with Crippen LogP contribution in [0.15, 0.2) is 35.1 Å². The van der Waals surface area contributed by atoms with Crippen LogP contribution in [-0.4, -0.2) is 37.2 Å². The highest BCUT2D eigenvalue weighted by Crippen LogP contribution is 2.31. The third-order valence-electron chi connectivity index (χ3n) is 3.94. The molecule has 1 fully saturated rings. The molecule has 6 nitrogen and oxygen atoms in total. The quantitative estimate of drug-likeness (QED) is 0.787. The molecule has 0 spiro atoms. The van der Waals surface area contributed by atoms with Crippen molar-refractivity contribution in [3.8, 4) is 0 Å².